The molecule has 3 rings (SSSR count). The number of amides is 1. The van der Waals surface area contributed by atoms with E-state index in [-0.39, 0.29) is 18.3 Å². The summed E-state index contributed by atoms with van der Waals surface area (Å²) < 4.78 is 14.7. The molecule has 1 amide bonds. The monoisotopic (exact) mass is 424 g/mol. The first-order valence-electron chi connectivity index (χ1n) is 7.29. The maximum atomic E-state index is 14.0. The van der Waals surface area contributed by atoms with Crippen LogP contribution >= 0.6 is 38.6 Å². The molecule has 3 aromatic rings. The quantitative estimate of drug-likeness (QED) is 0.546. The minimum atomic E-state index is -0.318. The molecule has 0 bridgehead atoms. The summed E-state index contributed by atoms with van der Waals surface area (Å²) in [4.78, 5) is 18.7. The van der Waals surface area contributed by atoms with E-state index in [0.717, 1.165) is 15.0 Å². The average molecular weight is 425 g/mol. The molecule has 2 aromatic heterocycles. The summed E-state index contributed by atoms with van der Waals surface area (Å²) in [5.41, 5.74) is 1.90. The predicted molar refractivity (Wildman–Crippen MR) is 99.9 cm³/mol. The fourth-order valence-corrected chi connectivity index (χ4v) is 4.16. The maximum absolute atomic E-state index is 14.0. The Morgan fingerprint density at radius 1 is 1.33 bits per heavy atom. The summed E-state index contributed by atoms with van der Waals surface area (Å²) in [6.45, 7) is 2.57. The molecule has 2 heterocycles. The largest absolute Gasteiger partial charge is 0.333 e. The molecule has 0 spiro atoms. The van der Waals surface area contributed by atoms with E-state index in [2.05, 4.69) is 20.9 Å². The van der Waals surface area contributed by atoms with Crippen LogP contribution in [0.15, 0.2) is 44.9 Å². The predicted octanol–water partition coefficient (Wildman–Crippen LogP) is 5.44. The highest BCUT2D eigenvalue weighted by atomic mass is 79.9. The Bertz CT molecular complexity index is 848. The number of carbonyl (C=O) groups is 1. The van der Waals surface area contributed by atoms with Gasteiger partial charge in [0.15, 0.2) is 0 Å². The van der Waals surface area contributed by atoms with Crippen molar-refractivity contribution in [2.45, 2.75) is 13.5 Å². The number of hydrogen-bond acceptors (Lipinski definition) is 4. The highest BCUT2D eigenvalue weighted by molar-refractivity contribution is 9.10. The van der Waals surface area contributed by atoms with E-state index in [9.17, 15) is 9.18 Å². The van der Waals surface area contributed by atoms with E-state index >= 15 is 0 Å². The van der Waals surface area contributed by atoms with Crippen LogP contribution in [-0.2, 0) is 6.54 Å². The number of thiazole rings is 1. The highest BCUT2D eigenvalue weighted by Crippen LogP contribution is 2.26. The third-order valence-electron chi connectivity index (χ3n) is 3.53. The van der Waals surface area contributed by atoms with E-state index in [0.29, 0.717) is 17.8 Å². The average Bonchev–Trinajstić information content (AvgIpc) is 3.25. The molecule has 0 saturated carbocycles. The molecule has 0 fully saturated rings. The molecule has 24 heavy (non-hydrogen) atoms. The van der Waals surface area contributed by atoms with Gasteiger partial charge in [-0.2, -0.15) is 11.3 Å². The minimum absolute atomic E-state index is 0.186. The van der Waals surface area contributed by atoms with Crippen LogP contribution in [0.2, 0.25) is 0 Å². The van der Waals surface area contributed by atoms with Crippen LogP contribution in [0.4, 0.5) is 4.39 Å². The zero-order valence-electron chi connectivity index (χ0n) is 12.8. The number of thiophene rings is 1. The van der Waals surface area contributed by atoms with Gasteiger partial charge >= 0.3 is 0 Å². The van der Waals surface area contributed by atoms with Gasteiger partial charge in [0.05, 0.1) is 0 Å². The third kappa shape index (κ3) is 3.74. The Labute approximate surface area is 155 Å². The maximum Gasteiger partial charge on any atom is 0.273 e. The van der Waals surface area contributed by atoms with E-state index in [1.807, 2.05) is 23.8 Å². The van der Waals surface area contributed by atoms with E-state index in [1.54, 1.807) is 33.7 Å². The Kier molecular flexibility index (Phi) is 5.43. The van der Waals surface area contributed by atoms with Crippen LogP contribution in [0.5, 0.6) is 0 Å². The number of hydrogen-bond donors (Lipinski definition) is 0. The van der Waals surface area contributed by atoms with Crippen LogP contribution in [0.25, 0.3) is 10.6 Å². The van der Waals surface area contributed by atoms with Crippen molar-refractivity contribution in [3.8, 4) is 10.6 Å². The number of aromatic nitrogens is 1. The summed E-state index contributed by atoms with van der Waals surface area (Å²) >= 11 is 6.37. The molecule has 124 valence electrons. The number of rotatable bonds is 5. The van der Waals surface area contributed by atoms with Crippen molar-refractivity contribution >= 4 is 44.5 Å². The van der Waals surface area contributed by atoms with Crippen LogP contribution < -0.4 is 0 Å². The Hall–Kier alpha value is -1.57. The molecule has 1 aromatic carbocycles. The van der Waals surface area contributed by atoms with Crippen molar-refractivity contribution in [2.75, 3.05) is 6.54 Å². The van der Waals surface area contributed by atoms with E-state index < -0.39 is 0 Å². The number of nitrogens with zero attached hydrogens (tertiary/aromatic N) is 2. The lowest BCUT2D eigenvalue weighted by Gasteiger charge is -2.20. The standard InChI is InChI=1S/C17H14BrFN2OS2/c1-2-21(8-12-7-13(18)3-4-14(12)19)17(22)15-10-24-16(20-15)11-5-6-23-9-11/h3-7,9-10H,2,8H2,1H3. The Morgan fingerprint density at radius 2 is 2.17 bits per heavy atom. The van der Waals surface area contributed by atoms with Gasteiger partial charge in [0.25, 0.3) is 5.91 Å². The molecule has 7 heteroatoms. The molecule has 0 unspecified atom stereocenters. The zero-order valence-corrected chi connectivity index (χ0v) is 16.0. The van der Waals surface area contributed by atoms with Crippen LogP contribution in [0, 0.1) is 5.82 Å². The van der Waals surface area contributed by atoms with Crippen molar-refractivity contribution in [3.05, 3.63) is 62.0 Å². The van der Waals surface area contributed by atoms with Gasteiger partial charge in [-0.3, -0.25) is 4.79 Å². The summed E-state index contributed by atoms with van der Waals surface area (Å²) in [5.74, 6) is -0.503. The molecule has 0 atom stereocenters. The highest BCUT2D eigenvalue weighted by Gasteiger charge is 2.19. The molecular formula is C17H14BrFN2OS2. The fraction of sp³-hybridized carbons (Fsp3) is 0.176. The number of carbonyl (C=O) groups excluding carboxylic acids is 1. The van der Waals surface area contributed by atoms with Gasteiger partial charge in [-0.1, -0.05) is 15.9 Å². The first-order chi connectivity index (χ1) is 11.6. The lowest BCUT2D eigenvalue weighted by Crippen LogP contribution is -2.30. The van der Waals surface area contributed by atoms with Gasteiger partial charge < -0.3 is 4.90 Å². The van der Waals surface area contributed by atoms with Crippen molar-refractivity contribution in [1.82, 2.24) is 9.88 Å². The summed E-state index contributed by atoms with van der Waals surface area (Å²) in [6.07, 6.45) is 0. The first kappa shape index (κ1) is 17.3. The molecule has 3 nitrogen and oxygen atoms in total. The van der Waals surface area contributed by atoms with Gasteiger partial charge in [-0.05, 0) is 36.6 Å². The molecule has 0 N–H and O–H groups in total. The smallest absolute Gasteiger partial charge is 0.273 e. The second-order valence-corrected chi connectivity index (χ2v) is 7.66. The van der Waals surface area contributed by atoms with Crippen molar-refractivity contribution in [2.24, 2.45) is 0 Å². The first-order valence-corrected chi connectivity index (χ1v) is 9.91. The molecule has 0 aliphatic heterocycles. The van der Waals surface area contributed by atoms with Crippen molar-refractivity contribution < 1.29 is 9.18 Å². The van der Waals surface area contributed by atoms with E-state index in [1.165, 1.54) is 17.4 Å². The summed E-state index contributed by atoms with van der Waals surface area (Å²) in [5, 5.41) is 6.56. The topological polar surface area (TPSA) is 33.2 Å². The van der Waals surface area contributed by atoms with Crippen LogP contribution in [-0.4, -0.2) is 22.3 Å². The van der Waals surface area contributed by atoms with Gasteiger partial charge in [0, 0.05) is 39.4 Å². The van der Waals surface area contributed by atoms with Crippen molar-refractivity contribution in [1.29, 1.82) is 0 Å². The molecule has 0 aliphatic carbocycles. The van der Waals surface area contributed by atoms with Crippen LogP contribution in [0.1, 0.15) is 23.0 Å². The Morgan fingerprint density at radius 3 is 2.88 bits per heavy atom. The second-order valence-electron chi connectivity index (χ2n) is 5.10. The van der Waals surface area contributed by atoms with Gasteiger partial charge in [0.1, 0.15) is 16.5 Å². The molecular weight excluding hydrogens is 411 g/mol. The zero-order chi connectivity index (χ0) is 17.1. The Balaban J connectivity index is 1.80. The molecule has 0 aliphatic rings. The lowest BCUT2D eigenvalue weighted by molar-refractivity contribution is 0.0746. The summed E-state index contributed by atoms with van der Waals surface area (Å²) in [6, 6.07) is 6.72. The number of benzene rings is 1. The summed E-state index contributed by atoms with van der Waals surface area (Å²) in [7, 11) is 0. The number of halogens is 2. The van der Waals surface area contributed by atoms with Crippen molar-refractivity contribution in [3.63, 3.8) is 0 Å². The lowest BCUT2D eigenvalue weighted by atomic mass is 10.2. The molecule has 0 radical (unpaired) electrons. The normalized spacial score (nSPS) is 10.8. The minimum Gasteiger partial charge on any atom is -0.333 e. The van der Waals surface area contributed by atoms with Gasteiger partial charge in [0.2, 0.25) is 0 Å². The SMILES string of the molecule is CCN(Cc1cc(Br)ccc1F)C(=O)c1csc(-c2ccsc2)n1. The van der Waals surface area contributed by atoms with Crippen LogP contribution in [0.3, 0.4) is 0 Å². The molecule has 0 saturated heterocycles. The van der Waals surface area contributed by atoms with Gasteiger partial charge in [-0.25, -0.2) is 9.37 Å². The fourth-order valence-electron chi connectivity index (χ4n) is 2.25. The second kappa shape index (κ2) is 7.55. The van der Waals surface area contributed by atoms with Gasteiger partial charge in [-0.15, -0.1) is 11.3 Å². The van der Waals surface area contributed by atoms with E-state index in [4.69, 9.17) is 0 Å². The third-order valence-corrected chi connectivity index (χ3v) is 5.60.